The highest BCUT2D eigenvalue weighted by Crippen LogP contribution is 2.24. The molecule has 1 aromatic carbocycles. The van der Waals surface area contributed by atoms with Crippen LogP contribution in [0.25, 0.3) is 10.2 Å². The summed E-state index contributed by atoms with van der Waals surface area (Å²) in [5, 5.41) is 42.3. The quantitative estimate of drug-likeness (QED) is 0.212. The molecule has 3 rings (SSSR count). The first-order chi connectivity index (χ1) is 15.7. The lowest BCUT2D eigenvalue weighted by Crippen LogP contribution is -2.50. The van der Waals surface area contributed by atoms with Gasteiger partial charge in [-0.25, -0.2) is 9.78 Å². The van der Waals surface area contributed by atoms with Crippen LogP contribution in [-0.2, 0) is 11.2 Å². The number of benzene rings is 1. The molecule has 0 aliphatic heterocycles. The predicted molar refractivity (Wildman–Crippen MR) is 123 cm³/mol. The molecule has 3 aromatic rings. The van der Waals surface area contributed by atoms with Gasteiger partial charge in [0.15, 0.2) is 0 Å². The molecule has 12 heteroatoms. The van der Waals surface area contributed by atoms with E-state index >= 15 is 0 Å². The Kier molecular flexibility index (Phi) is 8.54. The van der Waals surface area contributed by atoms with Crippen molar-refractivity contribution in [3.8, 4) is 0 Å². The summed E-state index contributed by atoms with van der Waals surface area (Å²) >= 11 is 6.95. The summed E-state index contributed by atoms with van der Waals surface area (Å²) in [7, 11) is 1.55. The standard InChI is InChI=1S/C21H24ClN3O7S/c1-23-8-14(18(29)17(28)13(27)9-26)32-21(31)15-7-12-19(30)24-16(25-20(12)33-15)6-10-3-2-4-11(22)5-10/h2-5,7,13-14,17-18,23,26-29H,6,8-9H2,1H3,(H,24,25,30)/t13-,14+,17-,18-/m1/s1. The predicted octanol–water partition coefficient (Wildman–Crippen LogP) is 0.0486. The number of aromatic amines is 1. The Balaban J connectivity index is 1.81. The highest BCUT2D eigenvalue weighted by molar-refractivity contribution is 7.20. The summed E-state index contributed by atoms with van der Waals surface area (Å²) < 4.78 is 5.31. The van der Waals surface area contributed by atoms with Gasteiger partial charge in [-0.1, -0.05) is 23.7 Å². The maximum atomic E-state index is 12.7. The number of rotatable bonds is 10. The Labute approximate surface area is 197 Å². The van der Waals surface area contributed by atoms with Crippen molar-refractivity contribution in [2.24, 2.45) is 0 Å². The highest BCUT2D eigenvalue weighted by atomic mass is 35.5. The van der Waals surface area contributed by atoms with Gasteiger partial charge < -0.3 is 35.5 Å². The van der Waals surface area contributed by atoms with Gasteiger partial charge in [0.05, 0.1) is 12.0 Å². The lowest BCUT2D eigenvalue weighted by molar-refractivity contribution is -0.116. The minimum atomic E-state index is -1.73. The van der Waals surface area contributed by atoms with E-state index in [0.29, 0.717) is 22.1 Å². The number of likely N-dealkylation sites (N-methyl/N-ethyl adjacent to an activating group) is 1. The zero-order chi connectivity index (χ0) is 24.1. The summed E-state index contributed by atoms with van der Waals surface area (Å²) in [5.41, 5.74) is 0.439. The molecule has 0 fully saturated rings. The Hall–Kier alpha value is -2.38. The van der Waals surface area contributed by atoms with Crippen molar-refractivity contribution < 1.29 is 30.0 Å². The maximum absolute atomic E-state index is 12.7. The van der Waals surface area contributed by atoms with Crippen LogP contribution in [0.3, 0.4) is 0 Å². The van der Waals surface area contributed by atoms with E-state index in [9.17, 15) is 24.9 Å². The molecule has 6 N–H and O–H groups in total. The van der Waals surface area contributed by atoms with Gasteiger partial charge in [0.25, 0.3) is 5.56 Å². The van der Waals surface area contributed by atoms with E-state index in [1.165, 1.54) is 6.07 Å². The molecule has 178 valence electrons. The number of esters is 1. The molecule has 2 aromatic heterocycles. The van der Waals surface area contributed by atoms with Crippen molar-refractivity contribution in [3.05, 3.63) is 62.0 Å². The number of nitrogens with one attached hydrogen (secondary N) is 2. The van der Waals surface area contributed by atoms with Crippen molar-refractivity contribution in [2.75, 3.05) is 20.2 Å². The van der Waals surface area contributed by atoms with E-state index in [-0.39, 0.29) is 16.8 Å². The Bertz CT molecular complexity index is 1170. The Morgan fingerprint density at radius 3 is 2.70 bits per heavy atom. The average molecular weight is 498 g/mol. The smallest absolute Gasteiger partial charge is 0.348 e. The molecule has 10 nitrogen and oxygen atoms in total. The van der Waals surface area contributed by atoms with Crippen LogP contribution < -0.4 is 10.9 Å². The zero-order valence-corrected chi connectivity index (χ0v) is 19.1. The van der Waals surface area contributed by atoms with Crippen LogP contribution >= 0.6 is 22.9 Å². The molecule has 0 unspecified atom stereocenters. The van der Waals surface area contributed by atoms with Crippen LogP contribution in [0.15, 0.2) is 35.1 Å². The fourth-order valence-electron chi connectivity index (χ4n) is 3.19. The zero-order valence-electron chi connectivity index (χ0n) is 17.6. The number of aliphatic hydroxyl groups excluding tert-OH is 4. The van der Waals surface area contributed by atoms with Crippen LogP contribution in [0.2, 0.25) is 5.02 Å². The van der Waals surface area contributed by atoms with Gasteiger partial charge >= 0.3 is 5.97 Å². The lowest BCUT2D eigenvalue weighted by atomic mass is 10.0. The molecule has 0 aliphatic rings. The van der Waals surface area contributed by atoms with E-state index in [1.54, 1.807) is 25.2 Å². The number of halogens is 1. The van der Waals surface area contributed by atoms with Gasteiger partial charge in [0.2, 0.25) is 0 Å². The molecule has 0 radical (unpaired) electrons. The number of ether oxygens (including phenoxy) is 1. The van der Waals surface area contributed by atoms with Gasteiger partial charge in [0.1, 0.15) is 39.9 Å². The third-order valence-electron chi connectivity index (χ3n) is 4.89. The van der Waals surface area contributed by atoms with Crippen molar-refractivity contribution in [3.63, 3.8) is 0 Å². The van der Waals surface area contributed by atoms with Gasteiger partial charge in [-0.2, -0.15) is 0 Å². The molecule has 0 amide bonds. The molecule has 0 saturated carbocycles. The van der Waals surface area contributed by atoms with E-state index in [0.717, 1.165) is 16.9 Å². The summed E-state index contributed by atoms with van der Waals surface area (Å²) in [6.07, 6.45) is -5.90. The average Bonchev–Trinajstić information content (AvgIpc) is 3.22. The monoisotopic (exact) mass is 497 g/mol. The lowest BCUT2D eigenvalue weighted by Gasteiger charge is -2.28. The molecular weight excluding hydrogens is 474 g/mol. The second-order valence-corrected chi connectivity index (χ2v) is 8.85. The first kappa shape index (κ1) is 25.2. The second-order valence-electron chi connectivity index (χ2n) is 7.38. The number of hydrogen-bond donors (Lipinski definition) is 6. The summed E-state index contributed by atoms with van der Waals surface area (Å²) in [5.74, 6) is -0.431. The summed E-state index contributed by atoms with van der Waals surface area (Å²) in [4.78, 5) is 32.7. The molecule has 2 heterocycles. The van der Waals surface area contributed by atoms with E-state index in [4.69, 9.17) is 21.4 Å². The number of nitrogens with zero attached hydrogens (tertiary/aromatic N) is 1. The first-order valence-electron chi connectivity index (χ1n) is 10.0. The van der Waals surface area contributed by atoms with Gasteiger partial charge in [-0.3, -0.25) is 4.79 Å². The third-order valence-corrected chi connectivity index (χ3v) is 6.13. The minimum absolute atomic E-state index is 0.0321. The highest BCUT2D eigenvalue weighted by Gasteiger charge is 2.34. The number of carbonyl (C=O) groups is 1. The molecule has 4 atom stereocenters. The summed E-state index contributed by atoms with van der Waals surface area (Å²) in [6, 6.07) is 8.49. The Morgan fingerprint density at radius 1 is 1.27 bits per heavy atom. The fourth-order valence-corrected chi connectivity index (χ4v) is 4.33. The number of aromatic nitrogens is 2. The second kappa shape index (κ2) is 11.2. The van der Waals surface area contributed by atoms with Crippen LogP contribution in [-0.4, -0.2) is 81.0 Å². The number of aliphatic hydroxyl groups is 4. The maximum Gasteiger partial charge on any atom is 0.348 e. The van der Waals surface area contributed by atoms with Gasteiger partial charge in [-0.05, 0) is 30.8 Å². The number of hydrogen-bond acceptors (Lipinski definition) is 10. The van der Waals surface area contributed by atoms with Crippen LogP contribution in [0, 0.1) is 0 Å². The third kappa shape index (κ3) is 6.15. The Morgan fingerprint density at radius 2 is 2.03 bits per heavy atom. The molecule has 33 heavy (non-hydrogen) atoms. The molecule has 0 bridgehead atoms. The minimum Gasteiger partial charge on any atom is -0.454 e. The largest absolute Gasteiger partial charge is 0.454 e. The van der Waals surface area contributed by atoms with E-state index in [1.807, 2.05) is 6.07 Å². The SMILES string of the molecule is CNC[C@H](OC(=O)c1cc2c(=O)[nH]c(Cc3cccc(Cl)c3)nc2s1)[C@@H](O)[C@H](O)[C@H](O)CO. The molecule has 0 spiro atoms. The molecule has 0 aliphatic carbocycles. The number of thiophene rings is 1. The number of carbonyl (C=O) groups excluding carboxylic acids is 1. The van der Waals surface area contributed by atoms with Gasteiger partial charge in [-0.15, -0.1) is 11.3 Å². The van der Waals surface area contributed by atoms with E-state index in [2.05, 4.69) is 15.3 Å². The van der Waals surface area contributed by atoms with Crippen molar-refractivity contribution in [1.82, 2.24) is 15.3 Å². The van der Waals surface area contributed by atoms with Crippen LogP contribution in [0.4, 0.5) is 0 Å². The fraction of sp³-hybridized carbons (Fsp3) is 0.381. The van der Waals surface area contributed by atoms with E-state index < -0.39 is 42.6 Å². The van der Waals surface area contributed by atoms with Gasteiger partial charge in [0, 0.05) is 18.0 Å². The van der Waals surface area contributed by atoms with Crippen molar-refractivity contribution >= 4 is 39.1 Å². The van der Waals surface area contributed by atoms with Crippen LogP contribution in [0.5, 0.6) is 0 Å². The molecule has 0 saturated heterocycles. The molecular formula is C21H24ClN3O7S. The number of fused-ring (bicyclic) bond motifs is 1. The van der Waals surface area contributed by atoms with Crippen LogP contribution in [0.1, 0.15) is 21.1 Å². The van der Waals surface area contributed by atoms with Crippen molar-refractivity contribution in [2.45, 2.75) is 30.8 Å². The number of H-pyrrole nitrogens is 1. The summed E-state index contributed by atoms with van der Waals surface area (Å²) in [6.45, 7) is -0.809. The normalized spacial score (nSPS) is 15.2. The van der Waals surface area contributed by atoms with Crippen molar-refractivity contribution in [1.29, 1.82) is 0 Å². The topological polar surface area (TPSA) is 165 Å². The first-order valence-corrected chi connectivity index (χ1v) is 11.2.